The number of nitrogens with two attached hydrogens (primary N) is 1. The Morgan fingerprint density at radius 1 is 1.11 bits per heavy atom. The Labute approximate surface area is 113 Å². The molecule has 0 aromatic heterocycles. The second kappa shape index (κ2) is 6.38. The van der Waals surface area contributed by atoms with Crippen molar-refractivity contribution >= 4 is 0 Å². The van der Waals surface area contributed by atoms with Crippen LogP contribution in [-0.4, -0.2) is 30.6 Å². The van der Waals surface area contributed by atoms with E-state index in [0.717, 1.165) is 23.8 Å². The molecule has 2 heteroatoms. The molecule has 0 aromatic carbocycles. The second-order valence-corrected chi connectivity index (χ2v) is 7.12. The minimum absolute atomic E-state index is 0.448. The molecule has 0 amide bonds. The minimum atomic E-state index is 0.448. The molecule has 0 saturated heterocycles. The molecule has 2 aliphatic rings. The second-order valence-electron chi connectivity index (χ2n) is 7.12. The molecule has 0 heterocycles. The maximum Gasteiger partial charge on any atom is 0.00923 e. The maximum atomic E-state index is 6.36. The van der Waals surface area contributed by atoms with E-state index in [1.165, 1.54) is 51.5 Å². The van der Waals surface area contributed by atoms with Crippen molar-refractivity contribution in [1.29, 1.82) is 0 Å². The zero-order chi connectivity index (χ0) is 13.1. The first-order valence-electron chi connectivity index (χ1n) is 8.03. The van der Waals surface area contributed by atoms with Gasteiger partial charge >= 0.3 is 0 Å². The summed E-state index contributed by atoms with van der Waals surface area (Å²) < 4.78 is 0. The molecule has 0 radical (unpaired) electrons. The van der Waals surface area contributed by atoms with Gasteiger partial charge < -0.3 is 10.6 Å². The standard InChI is InChI=1S/C16H32N2/c1-12(2)13-8-9-16(17)14(10-13)11-18(3)15-6-4-5-7-15/h12-16H,4-11,17H2,1-3H3. The van der Waals surface area contributed by atoms with Crippen molar-refractivity contribution in [3.8, 4) is 0 Å². The summed E-state index contributed by atoms with van der Waals surface area (Å²) in [5.74, 6) is 2.47. The smallest absolute Gasteiger partial charge is 0.00923 e. The summed E-state index contributed by atoms with van der Waals surface area (Å²) in [4.78, 5) is 2.61. The van der Waals surface area contributed by atoms with Gasteiger partial charge in [-0.05, 0) is 56.9 Å². The summed E-state index contributed by atoms with van der Waals surface area (Å²) >= 11 is 0. The molecule has 2 nitrogen and oxygen atoms in total. The third-order valence-corrected chi connectivity index (χ3v) is 5.50. The van der Waals surface area contributed by atoms with Crippen molar-refractivity contribution in [2.45, 2.75) is 70.9 Å². The Balaban J connectivity index is 1.85. The van der Waals surface area contributed by atoms with Crippen molar-refractivity contribution in [3.05, 3.63) is 0 Å². The van der Waals surface area contributed by atoms with Gasteiger partial charge in [-0.25, -0.2) is 0 Å². The predicted molar refractivity (Wildman–Crippen MR) is 78.5 cm³/mol. The predicted octanol–water partition coefficient (Wildman–Crippen LogP) is 3.26. The zero-order valence-electron chi connectivity index (χ0n) is 12.6. The van der Waals surface area contributed by atoms with Gasteiger partial charge in [0.05, 0.1) is 0 Å². The monoisotopic (exact) mass is 252 g/mol. The minimum Gasteiger partial charge on any atom is -0.327 e. The van der Waals surface area contributed by atoms with Crippen molar-refractivity contribution in [3.63, 3.8) is 0 Å². The molecular weight excluding hydrogens is 220 g/mol. The highest BCUT2D eigenvalue weighted by atomic mass is 15.1. The highest BCUT2D eigenvalue weighted by molar-refractivity contribution is 4.87. The molecule has 3 atom stereocenters. The van der Waals surface area contributed by atoms with Crippen molar-refractivity contribution in [2.75, 3.05) is 13.6 Å². The van der Waals surface area contributed by atoms with E-state index in [2.05, 4.69) is 25.8 Å². The quantitative estimate of drug-likeness (QED) is 0.832. The van der Waals surface area contributed by atoms with Crippen LogP contribution in [0.2, 0.25) is 0 Å². The largest absolute Gasteiger partial charge is 0.327 e. The SMILES string of the molecule is CC(C)C1CCC(N)C(CN(C)C2CCCC2)C1. The molecule has 2 aliphatic carbocycles. The van der Waals surface area contributed by atoms with Crippen molar-refractivity contribution < 1.29 is 0 Å². The normalized spacial score (nSPS) is 34.7. The number of rotatable bonds is 4. The topological polar surface area (TPSA) is 29.3 Å². The lowest BCUT2D eigenvalue weighted by atomic mass is 9.73. The first kappa shape index (κ1) is 14.3. The van der Waals surface area contributed by atoms with Gasteiger partial charge in [-0.3, -0.25) is 0 Å². The fourth-order valence-corrected chi connectivity index (χ4v) is 4.00. The summed E-state index contributed by atoms with van der Waals surface area (Å²) in [6, 6.07) is 1.29. The molecule has 2 fully saturated rings. The first-order chi connectivity index (χ1) is 8.58. The highest BCUT2D eigenvalue weighted by Gasteiger charge is 2.31. The lowest BCUT2D eigenvalue weighted by Crippen LogP contribution is -2.45. The molecular formula is C16H32N2. The Bertz CT molecular complexity index is 245. The van der Waals surface area contributed by atoms with E-state index in [1.807, 2.05) is 0 Å². The number of hydrogen-bond acceptors (Lipinski definition) is 2. The van der Waals surface area contributed by atoms with E-state index in [1.54, 1.807) is 0 Å². The molecule has 2 saturated carbocycles. The summed E-state index contributed by atoms with van der Waals surface area (Å²) in [7, 11) is 2.32. The third kappa shape index (κ3) is 3.48. The maximum absolute atomic E-state index is 6.36. The molecule has 0 aromatic rings. The Morgan fingerprint density at radius 2 is 1.78 bits per heavy atom. The summed E-state index contributed by atoms with van der Waals surface area (Å²) in [5.41, 5.74) is 6.36. The first-order valence-corrected chi connectivity index (χ1v) is 8.03. The van der Waals surface area contributed by atoms with E-state index in [9.17, 15) is 0 Å². The van der Waals surface area contributed by atoms with Crippen LogP contribution in [0.1, 0.15) is 58.8 Å². The van der Waals surface area contributed by atoms with Crippen molar-refractivity contribution in [2.24, 2.45) is 23.5 Å². The van der Waals surface area contributed by atoms with Crippen LogP contribution >= 0.6 is 0 Å². The van der Waals surface area contributed by atoms with Gasteiger partial charge in [0, 0.05) is 18.6 Å². The Hall–Kier alpha value is -0.0800. The summed E-state index contributed by atoms with van der Waals surface area (Å²) in [6.45, 7) is 5.98. The Kier molecular flexibility index (Phi) is 5.08. The van der Waals surface area contributed by atoms with E-state index in [-0.39, 0.29) is 0 Å². The van der Waals surface area contributed by atoms with Crippen LogP contribution in [0, 0.1) is 17.8 Å². The van der Waals surface area contributed by atoms with E-state index in [4.69, 9.17) is 5.73 Å². The number of nitrogens with zero attached hydrogens (tertiary/aromatic N) is 1. The van der Waals surface area contributed by atoms with Crippen LogP contribution in [-0.2, 0) is 0 Å². The lowest BCUT2D eigenvalue weighted by molar-refractivity contribution is 0.129. The van der Waals surface area contributed by atoms with Crippen LogP contribution in [0.15, 0.2) is 0 Å². The third-order valence-electron chi connectivity index (χ3n) is 5.50. The van der Waals surface area contributed by atoms with E-state index >= 15 is 0 Å². The molecule has 0 bridgehead atoms. The van der Waals surface area contributed by atoms with Gasteiger partial charge in [0.2, 0.25) is 0 Å². The van der Waals surface area contributed by atoms with Gasteiger partial charge in [0.15, 0.2) is 0 Å². The average molecular weight is 252 g/mol. The van der Waals surface area contributed by atoms with Gasteiger partial charge in [0.1, 0.15) is 0 Å². The molecule has 18 heavy (non-hydrogen) atoms. The van der Waals surface area contributed by atoms with Gasteiger partial charge in [-0.1, -0.05) is 26.7 Å². The molecule has 0 spiro atoms. The fraction of sp³-hybridized carbons (Fsp3) is 1.00. The molecule has 2 N–H and O–H groups in total. The summed E-state index contributed by atoms with van der Waals surface area (Å²) in [5, 5.41) is 0. The van der Waals surface area contributed by atoms with Gasteiger partial charge in [-0.2, -0.15) is 0 Å². The van der Waals surface area contributed by atoms with Crippen molar-refractivity contribution in [1.82, 2.24) is 4.90 Å². The van der Waals surface area contributed by atoms with Crippen LogP contribution in [0.25, 0.3) is 0 Å². The summed E-state index contributed by atoms with van der Waals surface area (Å²) in [6.07, 6.45) is 9.63. The van der Waals surface area contributed by atoms with Crippen LogP contribution in [0.3, 0.4) is 0 Å². The van der Waals surface area contributed by atoms with E-state index < -0.39 is 0 Å². The van der Waals surface area contributed by atoms with Crippen LogP contribution in [0.4, 0.5) is 0 Å². The molecule has 2 rings (SSSR count). The van der Waals surface area contributed by atoms with Crippen LogP contribution < -0.4 is 5.73 Å². The molecule has 106 valence electrons. The number of hydrogen-bond donors (Lipinski definition) is 1. The molecule has 0 aliphatic heterocycles. The molecule has 3 unspecified atom stereocenters. The highest BCUT2D eigenvalue weighted by Crippen LogP contribution is 2.34. The lowest BCUT2D eigenvalue weighted by Gasteiger charge is -2.39. The van der Waals surface area contributed by atoms with Gasteiger partial charge in [0.25, 0.3) is 0 Å². The Morgan fingerprint density at radius 3 is 2.39 bits per heavy atom. The average Bonchev–Trinajstić information content (AvgIpc) is 2.85. The van der Waals surface area contributed by atoms with Gasteiger partial charge in [-0.15, -0.1) is 0 Å². The fourth-order valence-electron chi connectivity index (χ4n) is 4.00. The zero-order valence-corrected chi connectivity index (χ0v) is 12.6. The van der Waals surface area contributed by atoms with E-state index in [0.29, 0.717) is 6.04 Å². The van der Waals surface area contributed by atoms with Crippen LogP contribution in [0.5, 0.6) is 0 Å².